The molecule has 0 aliphatic rings. The van der Waals surface area contributed by atoms with Crippen molar-refractivity contribution in [3.8, 4) is 0 Å². The summed E-state index contributed by atoms with van der Waals surface area (Å²) in [4.78, 5) is 3.84. The first-order valence-electron chi connectivity index (χ1n) is 2.27. The molecule has 1 rings (SSSR count). The molecule has 3 heteroatoms. The fourth-order valence-electron chi connectivity index (χ4n) is 0.441. The number of hydrogen-bond donors (Lipinski definition) is 0. The number of rotatable bonds is 1. The van der Waals surface area contributed by atoms with Crippen molar-refractivity contribution in [2.45, 2.75) is 0 Å². The molecule has 0 saturated heterocycles. The Morgan fingerprint density at radius 1 is 1.56 bits per heavy atom. The summed E-state index contributed by atoms with van der Waals surface area (Å²) in [5.74, 6) is 1.49. The minimum absolute atomic E-state index is 0. The summed E-state index contributed by atoms with van der Waals surface area (Å²) in [5.41, 5.74) is 0.939. The molecule has 1 aromatic heterocycles. The van der Waals surface area contributed by atoms with E-state index in [0.717, 1.165) is 5.56 Å². The first-order valence-corrected chi connectivity index (χ1v) is 2.70. The Morgan fingerprint density at radius 3 is 2.67 bits per heavy atom. The van der Waals surface area contributed by atoms with Crippen LogP contribution >= 0.6 is 11.6 Å². The van der Waals surface area contributed by atoms with Gasteiger partial charge in [0.1, 0.15) is 0 Å². The second kappa shape index (κ2) is 4.76. The van der Waals surface area contributed by atoms with Gasteiger partial charge in [0.2, 0.25) is 0 Å². The molecule has 0 fully saturated rings. The van der Waals surface area contributed by atoms with E-state index in [1.165, 1.54) is 5.88 Å². The molecule has 0 aromatic carbocycles. The molecule has 0 aliphatic carbocycles. The predicted molar refractivity (Wildman–Crippen MR) is 33.5 cm³/mol. The fraction of sp³-hybridized carbons (Fsp3) is 0. The molecule has 0 amide bonds. The van der Waals surface area contributed by atoms with Crippen LogP contribution in [-0.4, -0.2) is 4.98 Å². The van der Waals surface area contributed by atoms with Crippen LogP contribution in [0.1, 0.15) is 5.56 Å². The molecule has 1 heterocycles. The van der Waals surface area contributed by atoms with Gasteiger partial charge in [-0.25, -0.2) is 0 Å². The maximum absolute atomic E-state index is 5.36. The van der Waals surface area contributed by atoms with Crippen molar-refractivity contribution in [1.82, 2.24) is 4.98 Å². The first-order chi connectivity index (χ1) is 3.93. The largest absolute Gasteiger partial charge is 1.00 e. The standard InChI is InChI=1S/C6H5ClN.Li/c7-4-6-2-1-3-8-5-6;/h1-5H;/q-1;+1. The third kappa shape index (κ3) is 2.81. The molecule has 9 heavy (non-hydrogen) atoms. The van der Waals surface area contributed by atoms with E-state index in [0.29, 0.717) is 0 Å². The van der Waals surface area contributed by atoms with E-state index in [2.05, 4.69) is 4.98 Å². The van der Waals surface area contributed by atoms with Gasteiger partial charge >= 0.3 is 18.9 Å². The Kier molecular flexibility index (Phi) is 4.71. The van der Waals surface area contributed by atoms with Crippen LogP contribution in [0, 0.1) is 5.88 Å². The number of nitrogens with zero attached hydrogens (tertiary/aromatic N) is 1. The Morgan fingerprint density at radius 2 is 2.33 bits per heavy atom. The van der Waals surface area contributed by atoms with Gasteiger partial charge in [-0.3, -0.25) is 0 Å². The Labute approximate surface area is 71.6 Å². The van der Waals surface area contributed by atoms with Crippen LogP contribution in [0.25, 0.3) is 0 Å². The van der Waals surface area contributed by atoms with Gasteiger partial charge < -0.3 is 4.98 Å². The molecule has 0 saturated carbocycles. The zero-order valence-electron chi connectivity index (χ0n) is 5.21. The van der Waals surface area contributed by atoms with Crippen molar-refractivity contribution in [2.75, 3.05) is 0 Å². The summed E-state index contributed by atoms with van der Waals surface area (Å²) >= 11 is 5.36. The van der Waals surface area contributed by atoms with Gasteiger partial charge in [0.05, 0.1) is 0 Å². The Hall–Kier alpha value is -0.0926. The molecule has 0 unspecified atom stereocenters. The molecule has 42 valence electrons. The minimum Gasteiger partial charge on any atom is -0.329 e. The van der Waals surface area contributed by atoms with Crippen LogP contribution in [-0.2, 0) is 0 Å². The van der Waals surface area contributed by atoms with Gasteiger partial charge in [0.25, 0.3) is 0 Å². The van der Waals surface area contributed by atoms with Gasteiger partial charge in [-0.1, -0.05) is 12.1 Å². The SMILES string of the molecule is Cl[CH-]c1cccnc1.[Li+]. The minimum atomic E-state index is 0. The van der Waals surface area contributed by atoms with E-state index >= 15 is 0 Å². The average Bonchev–Trinajstić information content (AvgIpc) is 1.90. The van der Waals surface area contributed by atoms with Crippen molar-refractivity contribution < 1.29 is 18.9 Å². The quantitative estimate of drug-likeness (QED) is 0.348. The van der Waals surface area contributed by atoms with Crippen LogP contribution < -0.4 is 18.9 Å². The van der Waals surface area contributed by atoms with E-state index in [1.807, 2.05) is 12.1 Å². The molecule has 0 bridgehead atoms. The second-order valence-electron chi connectivity index (χ2n) is 1.40. The van der Waals surface area contributed by atoms with Crippen LogP contribution in [0.4, 0.5) is 0 Å². The maximum atomic E-state index is 5.36. The smallest absolute Gasteiger partial charge is 0.329 e. The number of aromatic nitrogens is 1. The molecule has 0 aliphatic heterocycles. The van der Waals surface area contributed by atoms with Gasteiger partial charge in [-0.2, -0.15) is 23.2 Å². The van der Waals surface area contributed by atoms with E-state index in [-0.39, 0.29) is 18.9 Å². The van der Waals surface area contributed by atoms with E-state index in [4.69, 9.17) is 11.6 Å². The summed E-state index contributed by atoms with van der Waals surface area (Å²) < 4.78 is 0. The van der Waals surface area contributed by atoms with E-state index in [9.17, 15) is 0 Å². The van der Waals surface area contributed by atoms with Gasteiger partial charge in [-0.15, -0.1) is 6.07 Å². The molecule has 0 radical (unpaired) electrons. The third-order valence-electron chi connectivity index (χ3n) is 0.810. The summed E-state index contributed by atoms with van der Waals surface area (Å²) in [5, 5.41) is 0. The van der Waals surface area contributed by atoms with Crippen molar-refractivity contribution in [3.05, 3.63) is 36.0 Å². The molecular weight excluding hydrogens is 128 g/mol. The monoisotopic (exact) mass is 133 g/mol. The van der Waals surface area contributed by atoms with Crippen molar-refractivity contribution in [3.63, 3.8) is 0 Å². The van der Waals surface area contributed by atoms with Crippen LogP contribution in [0.3, 0.4) is 0 Å². The van der Waals surface area contributed by atoms with E-state index < -0.39 is 0 Å². The number of halogens is 1. The van der Waals surface area contributed by atoms with Crippen molar-refractivity contribution in [2.24, 2.45) is 0 Å². The van der Waals surface area contributed by atoms with Gasteiger partial charge in [0, 0.05) is 0 Å². The summed E-state index contributed by atoms with van der Waals surface area (Å²) in [7, 11) is 0. The number of hydrogen-bond acceptors (Lipinski definition) is 1. The second-order valence-corrected chi connectivity index (χ2v) is 1.61. The Balaban J connectivity index is 0.000000640. The normalized spacial score (nSPS) is 7.67. The molecule has 1 nitrogen and oxygen atoms in total. The maximum Gasteiger partial charge on any atom is 1.00 e. The molecule has 0 atom stereocenters. The zero-order chi connectivity index (χ0) is 5.82. The molecule has 1 aromatic rings. The topological polar surface area (TPSA) is 12.9 Å². The number of pyridine rings is 1. The molecule has 0 N–H and O–H groups in total. The zero-order valence-corrected chi connectivity index (χ0v) is 5.97. The van der Waals surface area contributed by atoms with Crippen LogP contribution in [0.15, 0.2) is 24.5 Å². The first kappa shape index (κ1) is 8.91. The summed E-state index contributed by atoms with van der Waals surface area (Å²) in [6.45, 7) is 0. The fourth-order valence-corrected chi connectivity index (χ4v) is 0.570. The third-order valence-corrected chi connectivity index (χ3v) is 1.06. The molecule has 0 spiro atoms. The Bertz CT molecular complexity index is 154. The van der Waals surface area contributed by atoms with E-state index in [1.54, 1.807) is 12.4 Å². The summed E-state index contributed by atoms with van der Waals surface area (Å²) in [6.07, 6.45) is 3.41. The molecular formula is C6H5ClLiN. The average molecular weight is 134 g/mol. The van der Waals surface area contributed by atoms with Crippen LogP contribution in [0.2, 0.25) is 0 Å². The van der Waals surface area contributed by atoms with Gasteiger partial charge in [0.15, 0.2) is 0 Å². The van der Waals surface area contributed by atoms with Crippen LogP contribution in [0.5, 0.6) is 0 Å². The summed E-state index contributed by atoms with van der Waals surface area (Å²) in [6, 6.07) is 3.73. The van der Waals surface area contributed by atoms with Gasteiger partial charge in [-0.05, 0) is 6.20 Å². The van der Waals surface area contributed by atoms with Crippen molar-refractivity contribution in [1.29, 1.82) is 0 Å². The predicted octanol–water partition coefficient (Wildman–Crippen LogP) is -1.17. The van der Waals surface area contributed by atoms with Crippen molar-refractivity contribution >= 4 is 11.6 Å².